The molecule has 0 radical (unpaired) electrons. The lowest BCUT2D eigenvalue weighted by Gasteiger charge is -2.41. The summed E-state index contributed by atoms with van der Waals surface area (Å²) in [7, 11) is 1.81. The fraction of sp³-hybridized carbons (Fsp3) is 0.385. The van der Waals surface area contributed by atoms with Crippen LogP contribution in [0.3, 0.4) is 0 Å². The third-order valence-corrected chi connectivity index (χ3v) is 4.42. The van der Waals surface area contributed by atoms with Crippen molar-refractivity contribution >= 4 is 21.4 Å². The number of thiophene rings is 1. The van der Waals surface area contributed by atoms with E-state index in [2.05, 4.69) is 35.6 Å². The molecule has 2 nitrogen and oxygen atoms in total. The summed E-state index contributed by atoms with van der Waals surface area (Å²) in [6.07, 6.45) is 1.02. The first-order chi connectivity index (χ1) is 7.81. The van der Waals surface area contributed by atoms with Crippen molar-refractivity contribution in [3.63, 3.8) is 0 Å². The number of hydrogen-bond acceptors (Lipinski definition) is 3. The molecule has 2 aromatic rings. The fourth-order valence-electron chi connectivity index (χ4n) is 2.19. The van der Waals surface area contributed by atoms with E-state index in [9.17, 15) is 0 Å². The normalized spacial score (nSPS) is 18.6. The van der Waals surface area contributed by atoms with Crippen LogP contribution in [0.4, 0.5) is 0 Å². The number of hydrogen-bond donors (Lipinski definition) is 1. The largest absolute Gasteiger partial charge is 0.375 e. The lowest BCUT2D eigenvalue weighted by Crippen LogP contribution is -2.61. The molecule has 1 aromatic carbocycles. The predicted molar refractivity (Wildman–Crippen MR) is 68.1 cm³/mol. The quantitative estimate of drug-likeness (QED) is 0.879. The monoisotopic (exact) mass is 233 g/mol. The van der Waals surface area contributed by atoms with Crippen LogP contribution in [-0.2, 0) is 11.2 Å². The van der Waals surface area contributed by atoms with Crippen LogP contribution < -0.4 is 5.32 Å². The van der Waals surface area contributed by atoms with Gasteiger partial charge in [-0.25, -0.2) is 0 Å². The molecule has 0 unspecified atom stereocenters. The van der Waals surface area contributed by atoms with Gasteiger partial charge in [-0.3, -0.25) is 0 Å². The van der Waals surface area contributed by atoms with Crippen molar-refractivity contribution in [2.45, 2.75) is 12.0 Å². The van der Waals surface area contributed by atoms with Crippen LogP contribution in [0.15, 0.2) is 30.3 Å². The molecule has 3 heteroatoms. The van der Waals surface area contributed by atoms with Crippen molar-refractivity contribution in [2.24, 2.45) is 0 Å². The highest BCUT2D eigenvalue weighted by molar-refractivity contribution is 7.19. The maximum absolute atomic E-state index is 5.62. The number of methoxy groups -OCH3 is 1. The molecule has 1 aliphatic heterocycles. The lowest BCUT2D eigenvalue weighted by atomic mass is 9.92. The van der Waals surface area contributed by atoms with Gasteiger partial charge in [0.2, 0.25) is 0 Å². The second kappa shape index (κ2) is 3.84. The van der Waals surface area contributed by atoms with Gasteiger partial charge in [0.05, 0.1) is 5.60 Å². The summed E-state index contributed by atoms with van der Waals surface area (Å²) in [6.45, 7) is 1.94. The third kappa shape index (κ3) is 1.65. The molecule has 0 spiro atoms. The fourth-order valence-corrected chi connectivity index (χ4v) is 3.38. The highest BCUT2D eigenvalue weighted by atomic mass is 32.1. The van der Waals surface area contributed by atoms with Crippen molar-refractivity contribution in [3.8, 4) is 0 Å². The van der Waals surface area contributed by atoms with Gasteiger partial charge in [0.15, 0.2) is 0 Å². The van der Waals surface area contributed by atoms with Gasteiger partial charge in [-0.05, 0) is 17.5 Å². The second-order valence-corrected chi connectivity index (χ2v) is 5.59. The van der Waals surface area contributed by atoms with Crippen LogP contribution in [0, 0.1) is 0 Å². The van der Waals surface area contributed by atoms with Crippen molar-refractivity contribution in [1.29, 1.82) is 0 Å². The van der Waals surface area contributed by atoms with Crippen LogP contribution in [0.25, 0.3) is 10.1 Å². The van der Waals surface area contributed by atoms with Gasteiger partial charge < -0.3 is 10.1 Å². The average molecular weight is 233 g/mol. The molecule has 1 N–H and O–H groups in total. The Balaban J connectivity index is 1.89. The Bertz CT molecular complexity index is 463. The van der Waals surface area contributed by atoms with E-state index in [1.807, 2.05) is 18.4 Å². The van der Waals surface area contributed by atoms with Crippen LogP contribution in [-0.4, -0.2) is 25.8 Å². The van der Waals surface area contributed by atoms with E-state index in [1.54, 1.807) is 0 Å². The first-order valence-corrected chi connectivity index (χ1v) is 6.36. The smallest absolute Gasteiger partial charge is 0.0973 e. The van der Waals surface area contributed by atoms with E-state index in [4.69, 9.17) is 4.74 Å². The van der Waals surface area contributed by atoms with Crippen LogP contribution in [0.5, 0.6) is 0 Å². The van der Waals surface area contributed by atoms with Crippen LogP contribution in [0.2, 0.25) is 0 Å². The van der Waals surface area contributed by atoms with Crippen molar-refractivity contribution in [3.05, 3.63) is 35.2 Å². The summed E-state index contributed by atoms with van der Waals surface area (Å²) in [6, 6.07) is 10.8. The number of nitrogens with one attached hydrogen (secondary N) is 1. The van der Waals surface area contributed by atoms with E-state index >= 15 is 0 Å². The van der Waals surface area contributed by atoms with Crippen molar-refractivity contribution < 1.29 is 4.74 Å². The molecule has 0 bridgehead atoms. The molecule has 0 aliphatic carbocycles. The lowest BCUT2D eigenvalue weighted by molar-refractivity contribution is -0.0496. The first-order valence-electron chi connectivity index (χ1n) is 5.55. The molecule has 1 aromatic heterocycles. The molecule has 16 heavy (non-hydrogen) atoms. The molecule has 1 aliphatic rings. The van der Waals surface area contributed by atoms with Crippen molar-refractivity contribution in [1.82, 2.24) is 5.32 Å². The second-order valence-electron chi connectivity index (χ2n) is 4.42. The topological polar surface area (TPSA) is 21.3 Å². The zero-order chi connectivity index (χ0) is 11.0. The van der Waals surface area contributed by atoms with Crippen molar-refractivity contribution in [2.75, 3.05) is 20.2 Å². The van der Waals surface area contributed by atoms with Gasteiger partial charge >= 0.3 is 0 Å². The van der Waals surface area contributed by atoms with E-state index in [-0.39, 0.29) is 5.60 Å². The summed E-state index contributed by atoms with van der Waals surface area (Å²) in [4.78, 5) is 1.42. The maximum Gasteiger partial charge on any atom is 0.0973 e. The summed E-state index contributed by atoms with van der Waals surface area (Å²) >= 11 is 1.88. The maximum atomic E-state index is 5.62. The van der Waals surface area contributed by atoms with Crippen LogP contribution >= 0.6 is 11.3 Å². The Morgan fingerprint density at radius 1 is 1.38 bits per heavy atom. The zero-order valence-corrected chi connectivity index (χ0v) is 10.1. The molecular formula is C13H15NOS. The first kappa shape index (κ1) is 10.3. The Kier molecular flexibility index (Phi) is 2.46. The van der Waals surface area contributed by atoms with Gasteiger partial charge in [0.1, 0.15) is 0 Å². The molecule has 2 heterocycles. The highest BCUT2D eigenvalue weighted by Gasteiger charge is 2.37. The molecule has 0 amide bonds. The van der Waals surface area contributed by atoms with Crippen LogP contribution in [0.1, 0.15) is 4.88 Å². The van der Waals surface area contributed by atoms with Gasteiger partial charge in [0, 0.05) is 36.2 Å². The molecule has 1 saturated heterocycles. The summed E-state index contributed by atoms with van der Waals surface area (Å²) in [5.74, 6) is 0. The molecule has 1 fully saturated rings. The minimum atomic E-state index is 0.0425. The third-order valence-electron chi connectivity index (χ3n) is 3.30. The number of ether oxygens (including phenoxy) is 1. The molecule has 0 saturated carbocycles. The summed E-state index contributed by atoms with van der Waals surface area (Å²) in [5.41, 5.74) is 0.0425. The van der Waals surface area contributed by atoms with Gasteiger partial charge in [-0.2, -0.15) is 0 Å². The Morgan fingerprint density at radius 2 is 2.19 bits per heavy atom. The number of fused-ring (bicyclic) bond motifs is 1. The average Bonchev–Trinajstić information content (AvgIpc) is 2.65. The number of rotatable bonds is 3. The van der Waals surface area contributed by atoms with E-state index in [0.717, 1.165) is 19.5 Å². The predicted octanol–water partition coefficient (Wildman–Crippen LogP) is 2.43. The Labute approximate surface area is 99.2 Å². The molecule has 3 rings (SSSR count). The minimum Gasteiger partial charge on any atom is -0.375 e. The standard InChI is InChI=1S/C13H15NOS/c1-15-13(8-14-9-13)7-11-6-10-4-2-3-5-12(10)16-11/h2-6,14H,7-9H2,1H3. The van der Waals surface area contributed by atoms with Gasteiger partial charge in [-0.15, -0.1) is 11.3 Å². The molecule has 0 atom stereocenters. The van der Waals surface area contributed by atoms with Gasteiger partial charge in [0.25, 0.3) is 0 Å². The SMILES string of the molecule is COC1(Cc2cc3ccccc3s2)CNC1. The Morgan fingerprint density at radius 3 is 2.81 bits per heavy atom. The number of benzene rings is 1. The van der Waals surface area contributed by atoms with Gasteiger partial charge in [-0.1, -0.05) is 18.2 Å². The van der Waals surface area contributed by atoms with E-state index < -0.39 is 0 Å². The summed E-state index contributed by atoms with van der Waals surface area (Å²) in [5, 5.41) is 4.63. The highest BCUT2D eigenvalue weighted by Crippen LogP contribution is 2.30. The molecular weight excluding hydrogens is 218 g/mol. The Hall–Kier alpha value is -0.900. The zero-order valence-electron chi connectivity index (χ0n) is 9.32. The summed E-state index contributed by atoms with van der Waals surface area (Å²) < 4.78 is 6.99. The van der Waals surface area contributed by atoms with E-state index in [0.29, 0.717) is 0 Å². The molecule has 84 valence electrons. The minimum absolute atomic E-state index is 0.0425. The van der Waals surface area contributed by atoms with E-state index in [1.165, 1.54) is 15.0 Å².